The molecule has 2 aromatic heterocycles. The van der Waals surface area contributed by atoms with Crippen LogP contribution in [0.2, 0.25) is 0 Å². The third kappa shape index (κ3) is 3.25. The molecule has 1 amide bonds. The summed E-state index contributed by atoms with van der Waals surface area (Å²) in [6.45, 7) is 1.18. The maximum absolute atomic E-state index is 12.5. The molecule has 0 fully saturated rings. The zero-order valence-corrected chi connectivity index (χ0v) is 14.3. The molecule has 26 heavy (non-hydrogen) atoms. The van der Waals surface area contributed by atoms with Crippen LogP contribution in [0.1, 0.15) is 21.5 Å². The van der Waals surface area contributed by atoms with Gasteiger partial charge in [-0.3, -0.25) is 4.79 Å². The molecular weight excluding hydrogens is 332 g/mol. The van der Waals surface area contributed by atoms with Crippen molar-refractivity contribution >= 4 is 11.6 Å². The van der Waals surface area contributed by atoms with E-state index < -0.39 is 0 Å². The Hall–Kier alpha value is -2.93. The fraction of sp³-hybridized carbons (Fsp3) is 0.316. The van der Waals surface area contributed by atoms with Crippen LogP contribution in [-0.2, 0) is 12.8 Å². The summed E-state index contributed by atoms with van der Waals surface area (Å²) in [5.74, 6) is 0.974. The highest BCUT2D eigenvalue weighted by molar-refractivity contribution is 5.99. The topological polar surface area (TPSA) is 88.8 Å². The van der Waals surface area contributed by atoms with Gasteiger partial charge in [0.25, 0.3) is 5.91 Å². The minimum absolute atomic E-state index is 0.0500. The Labute approximate surface area is 150 Å². The molecule has 0 saturated carbocycles. The van der Waals surface area contributed by atoms with E-state index in [1.807, 2.05) is 18.2 Å². The molecule has 1 aliphatic rings. The average Bonchev–Trinajstić information content (AvgIpc) is 3.09. The molecule has 1 aromatic carbocycles. The summed E-state index contributed by atoms with van der Waals surface area (Å²) >= 11 is 0. The Balaban J connectivity index is 1.42. The van der Waals surface area contributed by atoms with E-state index in [0.717, 1.165) is 17.7 Å². The number of hydrogen-bond donors (Lipinski definition) is 2. The van der Waals surface area contributed by atoms with Crippen LogP contribution in [0.3, 0.4) is 0 Å². The molecule has 7 nitrogen and oxygen atoms in total. The van der Waals surface area contributed by atoms with Crippen LogP contribution in [0.15, 0.2) is 42.9 Å². The smallest absolute Gasteiger partial charge is 0.256 e. The maximum Gasteiger partial charge on any atom is 0.256 e. The number of nitrogens with zero attached hydrogens (tertiary/aromatic N) is 3. The van der Waals surface area contributed by atoms with Gasteiger partial charge in [0.2, 0.25) is 0 Å². The molecule has 1 aliphatic heterocycles. The van der Waals surface area contributed by atoms with Gasteiger partial charge in [0.1, 0.15) is 11.3 Å². The van der Waals surface area contributed by atoms with Crippen molar-refractivity contribution < 1.29 is 14.6 Å². The second kappa shape index (κ2) is 7.13. The molecule has 0 radical (unpaired) electrons. The van der Waals surface area contributed by atoms with Gasteiger partial charge >= 0.3 is 0 Å². The first-order valence-corrected chi connectivity index (χ1v) is 8.66. The first kappa shape index (κ1) is 16.5. The first-order chi connectivity index (χ1) is 12.7. The van der Waals surface area contributed by atoms with Crippen molar-refractivity contribution in [1.29, 1.82) is 0 Å². The normalized spacial score (nSPS) is 16.1. The number of hydrogen-bond acceptors (Lipinski definition) is 5. The zero-order valence-electron chi connectivity index (χ0n) is 14.3. The quantitative estimate of drug-likeness (QED) is 0.721. The second-order valence-electron chi connectivity index (χ2n) is 6.46. The predicted octanol–water partition coefficient (Wildman–Crippen LogP) is 1.25. The van der Waals surface area contributed by atoms with Gasteiger partial charge in [0.05, 0.1) is 12.8 Å². The van der Waals surface area contributed by atoms with Crippen molar-refractivity contribution in [3.8, 4) is 5.75 Å². The Kier molecular flexibility index (Phi) is 4.53. The molecule has 134 valence electrons. The number of fused-ring (bicyclic) bond motifs is 2. The van der Waals surface area contributed by atoms with Gasteiger partial charge in [-0.15, -0.1) is 0 Å². The van der Waals surface area contributed by atoms with Gasteiger partial charge in [-0.05, 0) is 30.0 Å². The molecule has 3 aromatic rings. The van der Waals surface area contributed by atoms with Gasteiger partial charge in [-0.2, -0.15) is 5.10 Å². The first-order valence-electron chi connectivity index (χ1n) is 8.66. The number of para-hydroxylation sites is 1. The summed E-state index contributed by atoms with van der Waals surface area (Å²) < 4.78 is 7.33. The maximum atomic E-state index is 12.5. The number of rotatable bonds is 5. The fourth-order valence-electron chi connectivity index (χ4n) is 3.19. The van der Waals surface area contributed by atoms with Crippen molar-refractivity contribution in [2.75, 3.05) is 19.8 Å². The lowest BCUT2D eigenvalue weighted by Crippen LogP contribution is -2.34. The molecule has 0 saturated heterocycles. The number of carbonyl (C=O) groups excluding carboxylic acids is 1. The summed E-state index contributed by atoms with van der Waals surface area (Å²) in [5.41, 5.74) is 2.99. The molecule has 4 rings (SSSR count). The third-order valence-corrected chi connectivity index (χ3v) is 4.56. The summed E-state index contributed by atoms with van der Waals surface area (Å²) in [4.78, 5) is 16.8. The van der Waals surface area contributed by atoms with Crippen LogP contribution in [-0.4, -0.2) is 45.4 Å². The molecule has 0 unspecified atom stereocenters. The van der Waals surface area contributed by atoms with Crippen LogP contribution >= 0.6 is 0 Å². The number of aliphatic hydroxyl groups excluding tert-OH is 1. The lowest BCUT2D eigenvalue weighted by molar-refractivity contribution is 0.0940. The lowest BCUT2D eigenvalue weighted by atomic mass is 9.97. The summed E-state index contributed by atoms with van der Waals surface area (Å²) in [6, 6.07) is 7.99. The largest absolute Gasteiger partial charge is 0.493 e. The van der Waals surface area contributed by atoms with Crippen molar-refractivity contribution in [2.24, 2.45) is 5.92 Å². The van der Waals surface area contributed by atoms with E-state index in [1.54, 1.807) is 16.9 Å². The van der Waals surface area contributed by atoms with E-state index >= 15 is 0 Å². The van der Waals surface area contributed by atoms with Crippen molar-refractivity contribution in [3.05, 3.63) is 59.5 Å². The highest BCUT2D eigenvalue weighted by Crippen LogP contribution is 2.26. The van der Waals surface area contributed by atoms with Gasteiger partial charge in [-0.25, -0.2) is 9.50 Å². The van der Waals surface area contributed by atoms with Crippen LogP contribution < -0.4 is 10.1 Å². The Morgan fingerprint density at radius 3 is 3.12 bits per heavy atom. The van der Waals surface area contributed by atoms with Crippen LogP contribution in [0, 0.1) is 5.92 Å². The van der Waals surface area contributed by atoms with E-state index in [0.29, 0.717) is 30.8 Å². The van der Waals surface area contributed by atoms with Gasteiger partial charge < -0.3 is 15.2 Å². The standard InChI is InChI=1S/C19H20N4O3/c24-6-5-13-8-20-18-16(10-22-23(18)11-13)19(25)21-9-14-7-15-3-1-2-4-17(15)26-12-14/h1-4,8,10-11,14,24H,5-7,9,12H2,(H,21,25)/t14-/m1/s1. The van der Waals surface area contributed by atoms with E-state index in [1.165, 1.54) is 11.8 Å². The number of nitrogens with one attached hydrogen (secondary N) is 1. The number of ether oxygens (including phenoxy) is 1. The highest BCUT2D eigenvalue weighted by Gasteiger charge is 2.21. The minimum atomic E-state index is -0.193. The summed E-state index contributed by atoms with van der Waals surface area (Å²) in [7, 11) is 0. The number of aromatic nitrogens is 3. The monoisotopic (exact) mass is 352 g/mol. The molecule has 0 aliphatic carbocycles. The molecule has 2 N–H and O–H groups in total. The molecule has 1 atom stereocenters. The molecule has 7 heteroatoms. The van der Waals surface area contributed by atoms with E-state index in [9.17, 15) is 4.79 Å². The van der Waals surface area contributed by atoms with Crippen LogP contribution in [0.25, 0.3) is 5.65 Å². The Morgan fingerprint density at radius 2 is 2.23 bits per heavy atom. The number of aliphatic hydroxyl groups is 1. The Morgan fingerprint density at radius 1 is 1.35 bits per heavy atom. The van der Waals surface area contributed by atoms with Crippen LogP contribution in [0.4, 0.5) is 0 Å². The van der Waals surface area contributed by atoms with E-state index in [2.05, 4.69) is 21.5 Å². The van der Waals surface area contributed by atoms with Crippen molar-refractivity contribution in [2.45, 2.75) is 12.8 Å². The number of carbonyl (C=O) groups is 1. The van der Waals surface area contributed by atoms with Crippen LogP contribution in [0.5, 0.6) is 5.75 Å². The van der Waals surface area contributed by atoms with Gasteiger partial charge in [0.15, 0.2) is 5.65 Å². The summed E-state index contributed by atoms with van der Waals surface area (Å²) in [5, 5.41) is 16.2. The third-order valence-electron chi connectivity index (χ3n) is 4.56. The highest BCUT2D eigenvalue weighted by atomic mass is 16.5. The van der Waals surface area contributed by atoms with E-state index in [4.69, 9.17) is 9.84 Å². The minimum Gasteiger partial charge on any atom is -0.493 e. The SMILES string of the molecule is O=C(NC[C@@H]1COc2ccccc2C1)c1cnn2cc(CCO)cnc12. The van der Waals surface area contributed by atoms with E-state index in [-0.39, 0.29) is 18.4 Å². The predicted molar refractivity (Wildman–Crippen MR) is 95.2 cm³/mol. The Bertz CT molecular complexity index is 937. The average molecular weight is 352 g/mol. The number of amides is 1. The van der Waals surface area contributed by atoms with Crippen molar-refractivity contribution in [1.82, 2.24) is 19.9 Å². The second-order valence-corrected chi connectivity index (χ2v) is 6.46. The summed E-state index contributed by atoms with van der Waals surface area (Å²) in [6.07, 6.45) is 6.35. The zero-order chi connectivity index (χ0) is 17.9. The van der Waals surface area contributed by atoms with Crippen molar-refractivity contribution in [3.63, 3.8) is 0 Å². The molecule has 0 bridgehead atoms. The number of benzene rings is 1. The molecule has 0 spiro atoms. The molecule has 3 heterocycles. The van der Waals surface area contributed by atoms with Gasteiger partial charge in [0, 0.05) is 31.5 Å². The fourth-order valence-corrected chi connectivity index (χ4v) is 3.19. The van der Waals surface area contributed by atoms with Gasteiger partial charge in [-0.1, -0.05) is 18.2 Å². The lowest BCUT2D eigenvalue weighted by Gasteiger charge is -2.25. The molecular formula is C19H20N4O3.